The molecule has 0 spiro atoms. The molecule has 0 saturated carbocycles. The van der Waals surface area contributed by atoms with Gasteiger partial charge in [0.1, 0.15) is 121 Å². The highest BCUT2D eigenvalue weighted by atomic mass is 16.8. The number of hydrogen-bond donors (Lipinski definition) is 21. The van der Waals surface area contributed by atoms with Crippen LogP contribution in [0.5, 0.6) is 5.75 Å². The number of benzene rings is 3. The summed E-state index contributed by atoms with van der Waals surface area (Å²) < 4.78 is 41.3. The maximum absolute atomic E-state index is 15.2. The number of fused-ring (bicyclic) bond motifs is 1. The molecule has 10 rings (SSSR count). The van der Waals surface area contributed by atoms with Gasteiger partial charge in [0.05, 0.1) is 58.1 Å². The first-order chi connectivity index (χ1) is 47.4. The Morgan fingerprint density at radius 1 is 0.576 bits per heavy atom. The van der Waals surface area contributed by atoms with Crippen molar-refractivity contribution < 1.29 is 123 Å². The van der Waals surface area contributed by atoms with E-state index in [1.807, 2.05) is 30.3 Å². The lowest BCUT2D eigenvalue weighted by atomic mass is 9.92. The lowest BCUT2D eigenvalue weighted by Gasteiger charge is -2.48. The quantitative estimate of drug-likeness (QED) is 0.0562. The fourth-order valence-electron chi connectivity index (χ4n) is 12.7. The van der Waals surface area contributed by atoms with E-state index < -0.39 is 239 Å². The number of carbonyl (C=O) groups is 6. The van der Waals surface area contributed by atoms with Crippen molar-refractivity contribution in [2.75, 3.05) is 46.1 Å². The van der Waals surface area contributed by atoms with Crippen LogP contribution in [-0.4, -0.2) is 312 Å². The van der Waals surface area contributed by atoms with Gasteiger partial charge in [-0.15, -0.1) is 0 Å². The van der Waals surface area contributed by atoms with E-state index in [1.54, 1.807) is 37.3 Å². The Kier molecular flexibility index (Phi) is 24.3. The maximum atomic E-state index is 15.2. The minimum absolute atomic E-state index is 0.0430. The van der Waals surface area contributed by atoms with E-state index in [0.29, 0.717) is 12.0 Å². The molecular formula is C62H84N12O25. The summed E-state index contributed by atoms with van der Waals surface area (Å²) in [7, 11) is 0. The number of carbonyl (C=O) groups excluding carboxylic acids is 6. The zero-order valence-electron chi connectivity index (χ0n) is 53.1. The highest BCUT2D eigenvalue weighted by Gasteiger charge is 2.55. The highest BCUT2D eigenvalue weighted by Crippen LogP contribution is 2.35. The average Bonchev–Trinajstić information content (AvgIpc) is 1.76. The first kappa shape index (κ1) is 73.8. The number of nitrogens with one attached hydrogen (secondary N) is 7. The van der Waals surface area contributed by atoms with Crippen molar-refractivity contribution >= 4 is 47.4 Å². The number of hydrogen-bond acceptors (Lipinski definition) is 31. The Bertz CT molecular complexity index is 3330. The lowest BCUT2D eigenvalue weighted by Crippen LogP contribution is -2.70. The fourth-order valence-corrected chi connectivity index (χ4v) is 12.7. The van der Waals surface area contributed by atoms with Crippen molar-refractivity contribution in [3.63, 3.8) is 0 Å². The zero-order chi connectivity index (χ0) is 71.1. The summed E-state index contributed by atoms with van der Waals surface area (Å²) in [5.41, 5.74) is 13.8. The summed E-state index contributed by atoms with van der Waals surface area (Å²) in [5, 5.41) is 150. The van der Waals surface area contributed by atoms with Crippen molar-refractivity contribution in [1.82, 2.24) is 42.1 Å². The number of nitrogens with zero attached hydrogens (tertiary/aromatic N) is 3. The van der Waals surface area contributed by atoms with Crippen LogP contribution >= 0.6 is 0 Å². The van der Waals surface area contributed by atoms with E-state index in [4.69, 9.17) is 44.6 Å². The van der Waals surface area contributed by atoms with E-state index in [0.717, 1.165) is 10.5 Å². The van der Waals surface area contributed by atoms with E-state index >= 15 is 9.59 Å². The third-order valence-corrected chi connectivity index (χ3v) is 18.3. The minimum atomic E-state index is -2.34. The van der Waals surface area contributed by atoms with Crippen LogP contribution < -0.4 is 53.4 Å². The molecule has 7 aliphatic rings. The number of amides is 6. The third-order valence-electron chi connectivity index (χ3n) is 18.3. The molecule has 0 aliphatic carbocycles. The van der Waals surface area contributed by atoms with Gasteiger partial charge in [0.15, 0.2) is 30.7 Å². The van der Waals surface area contributed by atoms with Crippen LogP contribution in [-0.2, 0) is 70.0 Å². The molecular weight excluding hydrogens is 1310 g/mol. The van der Waals surface area contributed by atoms with Gasteiger partial charge >= 0.3 is 0 Å². The molecule has 5 fully saturated rings. The molecule has 7 aliphatic heterocycles. The SMILES string of the molecule is C[C@@H](c1ccccc1)[C@@H]1NC(=O)CNC(=O)[C@H](CO)NC(=O)[C@@H]([C@@H](O)[C@@H]2CN=C(N)N2[C@H]2O[C@H](CO)[C@@H](O)[C@H](O)[C@@H]2O)NC(=O)[C@H]([C@@H](O)[C@@H]2CN=C(N)N2)NC(=O)[C@@H](Cc2ccc(O[C@H]3O[C@H](CO)[C@@H](O[C@H]4O[C@@H]5COC(Cc6ccccc6)O[C@H]5[C@H](O)[C@@H]4O)[C@H](O)[C@@H]3O)cc2)NC1=O. The summed E-state index contributed by atoms with van der Waals surface area (Å²) in [5.74, 6) is -8.89. The Morgan fingerprint density at radius 2 is 1.20 bits per heavy atom. The second kappa shape index (κ2) is 32.6. The van der Waals surface area contributed by atoms with Crippen LogP contribution in [0.4, 0.5) is 0 Å². The van der Waals surface area contributed by atoms with Crippen molar-refractivity contribution in [2.24, 2.45) is 21.5 Å². The summed E-state index contributed by atoms with van der Waals surface area (Å²) in [6.07, 6.45) is -30.1. The number of aliphatic hydroxyl groups is 12. The van der Waals surface area contributed by atoms with Crippen LogP contribution in [0.25, 0.3) is 0 Å². The van der Waals surface area contributed by atoms with E-state index in [9.17, 15) is 80.5 Å². The summed E-state index contributed by atoms with van der Waals surface area (Å²) in [4.78, 5) is 96.5. The lowest BCUT2D eigenvalue weighted by molar-refractivity contribution is -0.381. The molecule has 99 heavy (non-hydrogen) atoms. The van der Waals surface area contributed by atoms with Crippen molar-refractivity contribution in [3.05, 3.63) is 102 Å². The van der Waals surface area contributed by atoms with Gasteiger partial charge in [0.2, 0.25) is 41.7 Å². The summed E-state index contributed by atoms with van der Waals surface area (Å²) in [6, 6.07) is 10.3. The second-order valence-corrected chi connectivity index (χ2v) is 24.9. The zero-order valence-corrected chi connectivity index (χ0v) is 53.1. The average molecular weight is 1400 g/mol. The molecule has 3 aromatic carbocycles. The molecule has 26 atom stereocenters. The van der Waals surface area contributed by atoms with Gasteiger partial charge in [-0.25, -0.2) is 0 Å². The van der Waals surface area contributed by atoms with Crippen LogP contribution in [0.3, 0.4) is 0 Å². The molecule has 542 valence electrons. The van der Waals surface area contributed by atoms with Gasteiger partial charge in [-0.3, -0.25) is 38.8 Å². The monoisotopic (exact) mass is 1400 g/mol. The Hall–Kier alpha value is -7.90. The standard InChI is InChI=1S/C62H84N12O25/c1-25(28-10-6-3-7-11-28)39-55(90)68-30(16-27-12-14-29(15-13-27)94-59-49(86)46(83)51(35(23-77)96-59)99-60-50(87)47(84)52-36(97-60)24-93-38(98-52)17-26-8-4-2-5-9-26)54(89)72-40(42(79)31-18-66-61(63)70-31)57(92)73-41(56(91)69-32(21-75)53(88)65-20-37(78)71-39)43(80)33-19-67-62(64)74(33)58-48(85)45(82)44(81)34(22-76)95-58/h2-15,25,30-36,38-52,58-60,75-77,79-87H,16-24H2,1H3,(H2,64,67)(H,65,88)(H,68,90)(H,69,91)(H,71,78)(H,72,89)(H,73,92)(H3,63,66,70)/t25-,30+,31-,32-,33-,34+,35+,36+,38?,39-,40-,41+,42-,43-,44+,45-,46+,47+,48-,49-,50-,51+,52+,58-,59-,60+/m0/s1. The maximum Gasteiger partial charge on any atom is 0.246 e. The van der Waals surface area contributed by atoms with Gasteiger partial charge < -0.3 is 148 Å². The molecule has 1 unspecified atom stereocenters. The number of rotatable bonds is 18. The number of guanidine groups is 2. The van der Waals surface area contributed by atoms with Crippen molar-refractivity contribution in [1.29, 1.82) is 0 Å². The van der Waals surface area contributed by atoms with Gasteiger partial charge in [-0.1, -0.05) is 79.7 Å². The number of aliphatic imine (C=N–C) groups is 2. The molecule has 0 radical (unpaired) electrons. The van der Waals surface area contributed by atoms with E-state index in [2.05, 4.69) is 47.2 Å². The van der Waals surface area contributed by atoms with Gasteiger partial charge in [-0.05, 0) is 28.8 Å². The Morgan fingerprint density at radius 3 is 1.87 bits per heavy atom. The van der Waals surface area contributed by atoms with Crippen molar-refractivity contribution in [3.8, 4) is 5.75 Å². The Balaban J connectivity index is 0.903. The van der Waals surface area contributed by atoms with E-state index in [1.165, 1.54) is 24.3 Å². The molecule has 7 heterocycles. The van der Waals surface area contributed by atoms with Gasteiger partial charge in [-0.2, -0.15) is 0 Å². The van der Waals surface area contributed by atoms with Gasteiger partial charge in [0.25, 0.3) is 0 Å². The summed E-state index contributed by atoms with van der Waals surface area (Å²) >= 11 is 0. The molecule has 37 nitrogen and oxygen atoms in total. The summed E-state index contributed by atoms with van der Waals surface area (Å²) in [6.45, 7) is -3.15. The fraction of sp³-hybridized carbons (Fsp3) is 0.581. The second-order valence-electron chi connectivity index (χ2n) is 24.9. The number of nitrogens with two attached hydrogens (primary N) is 2. The van der Waals surface area contributed by atoms with Crippen LogP contribution in [0, 0.1) is 0 Å². The van der Waals surface area contributed by atoms with Crippen LogP contribution in [0.15, 0.2) is 94.9 Å². The van der Waals surface area contributed by atoms with Gasteiger partial charge in [0, 0.05) is 18.8 Å². The number of aliphatic hydroxyl groups excluding tert-OH is 12. The molecule has 6 amide bonds. The molecule has 0 aromatic heterocycles. The first-order valence-corrected chi connectivity index (χ1v) is 32.0. The highest BCUT2D eigenvalue weighted by molar-refractivity contribution is 5.98. The first-order valence-electron chi connectivity index (χ1n) is 32.0. The predicted molar refractivity (Wildman–Crippen MR) is 335 cm³/mol. The topological polar surface area (TPSA) is 574 Å². The molecule has 3 aromatic rings. The third kappa shape index (κ3) is 16.8. The molecule has 5 saturated heterocycles. The largest absolute Gasteiger partial charge is 0.462 e. The predicted octanol–water partition coefficient (Wildman–Crippen LogP) is -11.0. The Labute approximate surface area is 564 Å². The van der Waals surface area contributed by atoms with Crippen LogP contribution in [0.1, 0.15) is 29.5 Å². The van der Waals surface area contributed by atoms with Crippen molar-refractivity contribution in [2.45, 2.75) is 179 Å². The smallest absolute Gasteiger partial charge is 0.246 e. The minimum Gasteiger partial charge on any atom is -0.462 e. The molecule has 37 heteroatoms. The number of ether oxygens (including phenoxy) is 7. The molecule has 23 N–H and O–H groups in total. The van der Waals surface area contributed by atoms with Crippen LogP contribution in [0.2, 0.25) is 0 Å². The van der Waals surface area contributed by atoms with E-state index in [-0.39, 0.29) is 30.4 Å². The normalized spacial score (nSPS) is 36.9. The molecule has 0 bridgehead atoms.